The minimum Gasteiger partial charge on any atom is -0.493 e. The summed E-state index contributed by atoms with van der Waals surface area (Å²) in [7, 11) is 1.23. The lowest BCUT2D eigenvalue weighted by molar-refractivity contribution is 0.276. The van der Waals surface area contributed by atoms with Crippen LogP contribution in [0.1, 0.15) is 0 Å². The Morgan fingerprint density at radius 1 is 0.793 bits per heavy atom. The van der Waals surface area contributed by atoms with Crippen molar-refractivity contribution < 1.29 is 37.8 Å². The van der Waals surface area contributed by atoms with Gasteiger partial charge in [0, 0.05) is 22.5 Å². The molecule has 0 saturated carbocycles. The highest BCUT2D eigenvalue weighted by atomic mass is 31.2. The van der Waals surface area contributed by atoms with Crippen LogP contribution < -0.4 is 23.5 Å². The van der Waals surface area contributed by atoms with E-state index < -0.39 is 7.82 Å². The Morgan fingerprint density at radius 2 is 1.48 bits per heavy atom. The lowest BCUT2D eigenvalue weighted by Gasteiger charge is -2.17. The molecule has 29 heavy (non-hydrogen) atoms. The van der Waals surface area contributed by atoms with Crippen molar-refractivity contribution in [3.05, 3.63) is 36.5 Å². The second-order valence-corrected chi connectivity index (χ2v) is 7.01. The Balaban J connectivity index is 2.24. The zero-order valence-corrected chi connectivity index (χ0v) is 17.1. The maximum atomic E-state index is 11.2. The zero-order chi connectivity index (χ0) is 21.2. The Hall–Kier alpha value is -3.00. The third-order valence-corrected chi connectivity index (χ3v) is 4.66. The molecule has 1 aromatic heterocycles. The smallest absolute Gasteiger partial charge is 0.493 e. The number of benzene rings is 2. The summed E-state index contributed by atoms with van der Waals surface area (Å²) in [6.07, 6.45) is 1.62. The number of hydrogen-bond donors (Lipinski definition) is 2. The Morgan fingerprint density at radius 3 is 2.07 bits per heavy atom. The fraction of sp³-hybridized carbons (Fsp3) is 0.211. The average molecular weight is 421 g/mol. The highest BCUT2D eigenvalue weighted by Gasteiger charge is 2.22. The molecule has 154 valence electrons. The Labute approximate surface area is 167 Å². The van der Waals surface area contributed by atoms with Gasteiger partial charge in [-0.3, -0.25) is 14.8 Å². The number of phosphoric ester groups is 1. The SMILES string of the molecule is COc1cc(-c2nccc3c(OC)c(OC)c(OC)cc23)ccc1OP(=O)(O)O. The van der Waals surface area contributed by atoms with Crippen LogP contribution in [0.5, 0.6) is 28.7 Å². The van der Waals surface area contributed by atoms with E-state index in [1.165, 1.54) is 34.5 Å². The summed E-state index contributed by atoms with van der Waals surface area (Å²) in [5.41, 5.74) is 1.22. The van der Waals surface area contributed by atoms with Crippen molar-refractivity contribution >= 4 is 18.6 Å². The highest BCUT2D eigenvalue weighted by molar-refractivity contribution is 7.46. The van der Waals surface area contributed by atoms with Crippen LogP contribution in [-0.4, -0.2) is 43.2 Å². The molecule has 0 unspecified atom stereocenters. The van der Waals surface area contributed by atoms with E-state index >= 15 is 0 Å². The van der Waals surface area contributed by atoms with Crippen LogP contribution in [0.2, 0.25) is 0 Å². The molecule has 2 aromatic carbocycles. The van der Waals surface area contributed by atoms with Crippen molar-refractivity contribution in [1.29, 1.82) is 0 Å². The number of pyridine rings is 1. The Bertz CT molecular complexity index is 1100. The summed E-state index contributed by atoms with van der Waals surface area (Å²) in [6.45, 7) is 0. The fourth-order valence-electron chi connectivity index (χ4n) is 3.04. The third kappa shape index (κ3) is 4.07. The van der Waals surface area contributed by atoms with E-state index in [-0.39, 0.29) is 11.5 Å². The van der Waals surface area contributed by atoms with Crippen LogP contribution in [-0.2, 0) is 4.57 Å². The normalized spacial score (nSPS) is 11.2. The monoisotopic (exact) mass is 421 g/mol. The van der Waals surface area contributed by atoms with Crippen molar-refractivity contribution in [1.82, 2.24) is 4.98 Å². The van der Waals surface area contributed by atoms with Gasteiger partial charge in [-0.2, -0.15) is 0 Å². The summed E-state index contributed by atoms with van der Waals surface area (Å²) >= 11 is 0. The number of fused-ring (bicyclic) bond motifs is 1. The first-order valence-electron chi connectivity index (χ1n) is 8.34. The van der Waals surface area contributed by atoms with E-state index in [0.29, 0.717) is 28.5 Å². The van der Waals surface area contributed by atoms with Gasteiger partial charge in [0.2, 0.25) is 5.75 Å². The summed E-state index contributed by atoms with van der Waals surface area (Å²) < 4.78 is 37.5. The largest absolute Gasteiger partial charge is 0.524 e. The van der Waals surface area contributed by atoms with Crippen LogP contribution in [0, 0.1) is 0 Å². The van der Waals surface area contributed by atoms with Gasteiger partial charge in [0.25, 0.3) is 0 Å². The fourth-order valence-corrected chi connectivity index (χ4v) is 3.45. The van der Waals surface area contributed by atoms with Crippen molar-refractivity contribution in [3.8, 4) is 40.0 Å². The molecule has 3 aromatic rings. The minimum absolute atomic E-state index is 0.0818. The molecule has 0 radical (unpaired) electrons. The maximum Gasteiger partial charge on any atom is 0.524 e. The van der Waals surface area contributed by atoms with E-state index in [4.69, 9.17) is 28.7 Å². The highest BCUT2D eigenvalue weighted by Crippen LogP contribution is 2.47. The van der Waals surface area contributed by atoms with E-state index in [1.807, 2.05) is 0 Å². The number of nitrogens with zero attached hydrogens (tertiary/aromatic N) is 1. The van der Waals surface area contributed by atoms with E-state index in [0.717, 1.165) is 10.8 Å². The number of rotatable bonds is 7. The Kier molecular flexibility index (Phi) is 5.83. The predicted molar refractivity (Wildman–Crippen MR) is 106 cm³/mol. The van der Waals surface area contributed by atoms with Crippen LogP contribution >= 0.6 is 7.82 Å². The number of aromatic nitrogens is 1. The van der Waals surface area contributed by atoms with Gasteiger partial charge in [-0.1, -0.05) is 0 Å². The van der Waals surface area contributed by atoms with Crippen LogP contribution in [0.4, 0.5) is 0 Å². The molecule has 0 aliphatic carbocycles. The van der Waals surface area contributed by atoms with E-state index in [2.05, 4.69) is 9.51 Å². The van der Waals surface area contributed by atoms with E-state index in [1.54, 1.807) is 30.5 Å². The van der Waals surface area contributed by atoms with E-state index in [9.17, 15) is 4.57 Å². The third-order valence-electron chi connectivity index (χ3n) is 4.22. The molecule has 0 aliphatic heterocycles. The summed E-state index contributed by atoms with van der Waals surface area (Å²) in [5, 5.41) is 1.48. The lowest BCUT2D eigenvalue weighted by Crippen LogP contribution is -1.98. The van der Waals surface area contributed by atoms with Gasteiger partial charge in [0.15, 0.2) is 23.0 Å². The molecule has 0 saturated heterocycles. The number of hydrogen-bond acceptors (Lipinski definition) is 7. The molecular weight excluding hydrogens is 401 g/mol. The molecule has 0 aliphatic rings. The van der Waals surface area contributed by atoms with Crippen molar-refractivity contribution in [2.45, 2.75) is 0 Å². The zero-order valence-electron chi connectivity index (χ0n) is 16.2. The van der Waals surface area contributed by atoms with Crippen molar-refractivity contribution in [3.63, 3.8) is 0 Å². The van der Waals surface area contributed by atoms with Gasteiger partial charge >= 0.3 is 7.82 Å². The molecule has 1 heterocycles. The summed E-state index contributed by atoms with van der Waals surface area (Å²) in [5.74, 6) is 1.50. The molecule has 10 heteroatoms. The number of ether oxygens (including phenoxy) is 4. The molecule has 0 bridgehead atoms. The first-order valence-corrected chi connectivity index (χ1v) is 9.87. The van der Waals surface area contributed by atoms with Gasteiger partial charge in [-0.15, -0.1) is 0 Å². The molecule has 3 rings (SSSR count). The molecular formula is C19H20NO8P. The van der Waals surface area contributed by atoms with Gasteiger partial charge < -0.3 is 23.5 Å². The second kappa shape index (κ2) is 8.16. The number of phosphoric acid groups is 1. The molecule has 2 N–H and O–H groups in total. The van der Waals surface area contributed by atoms with Crippen molar-refractivity contribution in [2.75, 3.05) is 28.4 Å². The first-order chi connectivity index (χ1) is 13.8. The summed E-state index contributed by atoms with van der Waals surface area (Å²) in [4.78, 5) is 22.6. The second-order valence-electron chi connectivity index (χ2n) is 5.85. The standard InChI is InChI=1S/C19H20NO8P/c1-24-15-9-11(5-6-14(15)28-29(21,22)23)17-13-10-16(25-2)19(27-4)18(26-3)12(13)7-8-20-17/h5-10H,1-4H3,(H2,21,22,23). The molecule has 9 nitrogen and oxygen atoms in total. The molecule has 0 atom stereocenters. The first kappa shape index (κ1) is 20.7. The quantitative estimate of drug-likeness (QED) is 0.554. The molecule has 0 amide bonds. The minimum atomic E-state index is -4.73. The predicted octanol–water partition coefficient (Wildman–Crippen LogP) is 3.41. The van der Waals surface area contributed by atoms with Crippen molar-refractivity contribution in [2.24, 2.45) is 0 Å². The van der Waals surface area contributed by atoms with Gasteiger partial charge in [0.05, 0.1) is 34.1 Å². The topological polar surface area (TPSA) is 117 Å². The molecule has 0 spiro atoms. The van der Waals surface area contributed by atoms with Gasteiger partial charge in [-0.05, 0) is 30.3 Å². The van der Waals surface area contributed by atoms with Crippen LogP contribution in [0.3, 0.4) is 0 Å². The summed E-state index contributed by atoms with van der Waals surface area (Å²) in [6, 6.07) is 8.19. The van der Waals surface area contributed by atoms with Gasteiger partial charge in [0.1, 0.15) is 0 Å². The van der Waals surface area contributed by atoms with Crippen LogP contribution in [0.15, 0.2) is 36.5 Å². The average Bonchev–Trinajstić information content (AvgIpc) is 2.70. The number of methoxy groups -OCH3 is 4. The van der Waals surface area contributed by atoms with Crippen LogP contribution in [0.25, 0.3) is 22.0 Å². The van der Waals surface area contributed by atoms with Gasteiger partial charge in [-0.25, -0.2) is 4.57 Å². The molecule has 0 fully saturated rings. The lowest BCUT2D eigenvalue weighted by atomic mass is 10.0. The maximum absolute atomic E-state index is 11.2.